The topological polar surface area (TPSA) is 63.7 Å². The summed E-state index contributed by atoms with van der Waals surface area (Å²) in [7, 11) is -1.37. The molecule has 0 aromatic carbocycles. The van der Waals surface area contributed by atoms with Gasteiger partial charge < -0.3 is 9.64 Å². The number of ether oxygens (including phenoxy) is 1. The highest BCUT2D eigenvalue weighted by Crippen LogP contribution is 2.16. The number of nitrogens with zero attached hydrogens (tertiary/aromatic N) is 1. The standard InChI is InChI=1S/C8H15NO4S/c1-3-13-8(10)9(2)7-4-5-14(11,12)6-7/h7H,3-6H2,1-2H3. The van der Waals surface area contributed by atoms with E-state index in [0.29, 0.717) is 13.0 Å². The van der Waals surface area contributed by atoms with E-state index in [4.69, 9.17) is 4.74 Å². The molecule has 5 nitrogen and oxygen atoms in total. The van der Waals surface area contributed by atoms with Gasteiger partial charge in [-0.3, -0.25) is 0 Å². The van der Waals surface area contributed by atoms with Crippen molar-refractivity contribution in [3.05, 3.63) is 0 Å². The summed E-state index contributed by atoms with van der Waals surface area (Å²) >= 11 is 0. The summed E-state index contributed by atoms with van der Waals surface area (Å²) in [5.41, 5.74) is 0. The lowest BCUT2D eigenvalue weighted by molar-refractivity contribution is 0.105. The van der Waals surface area contributed by atoms with Crippen molar-refractivity contribution >= 4 is 15.9 Å². The van der Waals surface area contributed by atoms with Crippen LogP contribution in [0.1, 0.15) is 13.3 Å². The summed E-state index contributed by atoms with van der Waals surface area (Å²) in [5.74, 6) is 0.226. The van der Waals surface area contributed by atoms with Gasteiger partial charge in [-0.25, -0.2) is 13.2 Å². The summed E-state index contributed by atoms with van der Waals surface area (Å²) in [6.07, 6.45) is 0.0621. The Labute approximate surface area is 83.9 Å². The van der Waals surface area contributed by atoms with Crippen molar-refractivity contribution in [3.8, 4) is 0 Å². The van der Waals surface area contributed by atoms with Crippen LogP contribution in [0.15, 0.2) is 0 Å². The predicted octanol–water partition coefficient (Wildman–Crippen LogP) is 0.262. The second-order valence-corrected chi connectivity index (χ2v) is 5.60. The Morgan fingerprint density at radius 1 is 1.57 bits per heavy atom. The van der Waals surface area contributed by atoms with Gasteiger partial charge >= 0.3 is 6.09 Å². The SMILES string of the molecule is CCOC(=O)N(C)C1CCS(=O)(=O)C1. The maximum Gasteiger partial charge on any atom is 0.409 e. The fourth-order valence-corrected chi connectivity index (χ4v) is 3.23. The van der Waals surface area contributed by atoms with Crippen LogP contribution in [-0.2, 0) is 14.6 Å². The quantitative estimate of drug-likeness (QED) is 0.671. The summed E-state index contributed by atoms with van der Waals surface area (Å²) in [5, 5.41) is 0. The normalized spacial score (nSPS) is 24.6. The van der Waals surface area contributed by atoms with E-state index in [2.05, 4.69) is 0 Å². The van der Waals surface area contributed by atoms with E-state index >= 15 is 0 Å². The zero-order chi connectivity index (χ0) is 10.8. The van der Waals surface area contributed by atoms with Crippen LogP contribution in [0, 0.1) is 0 Å². The average Bonchev–Trinajstić information content (AvgIpc) is 2.45. The average molecular weight is 221 g/mol. The molecule has 0 N–H and O–H groups in total. The third-order valence-corrected chi connectivity index (χ3v) is 4.06. The Balaban J connectivity index is 2.55. The number of carbonyl (C=O) groups excluding carboxylic acids is 1. The minimum absolute atomic E-state index is 0.0579. The third-order valence-electron chi connectivity index (χ3n) is 2.31. The lowest BCUT2D eigenvalue weighted by atomic mass is 10.2. The highest BCUT2D eigenvalue weighted by Gasteiger charge is 2.33. The molecule has 1 amide bonds. The van der Waals surface area contributed by atoms with Gasteiger partial charge in [0.25, 0.3) is 0 Å². The zero-order valence-corrected chi connectivity index (χ0v) is 9.21. The molecule has 0 bridgehead atoms. The van der Waals surface area contributed by atoms with Crippen LogP contribution in [-0.4, -0.2) is 50.6 Å². The summed E-state index contributed by atoms with van der Waals surface area (Å²) in [6.45, 7) is 2.03. The molecule has 0 saturated carbocycles. The molecule has 6 heteroatoms. The molecule has 1 saturated heterocycles. The molecule has 1 aliphatic heterocycles. The highest BCUT2D eigenvalue weighted by molar-refractivity contribution is 7.91. The summed E-state index contributed by atoms with van der Waals surface area (Å²) < 4.78 is 27.1. The first-order valence-electron chi connectivity index (χ1n) is 4.56. The van der Waals surface area contributed by atoms with Crippen molar-refractivity contribution in [3.63, 3.8) is 0 Å². The Bertz CT molecular complexity index is 311. The van der Waals surface area contributed by atoms with Gasteiger partial charge in [-0.05, 0) is 13.3 Å². The zero-order valence-electron chi connectivity index (χ0n) is 8.39. The Morgan fingerprint density at radius 2 is 2.21 bits per heavy atom. The summed E-state index contributed by atoms with van der Waals surface area (Å²) in [6, 6.07) is -0.223. The first kappa shape index (κ1) is 11.3. The number of carbonyl (C=O) groups is 1. The predicted molar refractivity (Wildman–Crippen MR) is 51.8 cm³/mol. The van der Waals surface area contributed by atoms with Gasteiger partial charge in [0.15, 0.2) is 9.84 Å². The van der Waals surface area contributed by atoms with Gasteiger partial charge in [-0.2, -0.15) is 0 Å². The van der Waals surface area contributed by atoms with Crippen LogP contribution in [0.5, 0.6) is 0 Å². The van der Waals surface area contributed by atoms with Crippen LogP contribution < -0.4 is 0 Å². The smallest absolute Gasteiger partial charge is 0.409 e. The van der Waals surface area contributed by atoms with E-state index < -0.39 is 15.9 Å². The van der Waals surface area contributed by atoms with Crippen molar-refractivity contribution in [2.24, 2.45) is 0 Å². The number of sulfone groups is 1. The molecule has 1 heterocycles. The number of rotatable bonds is 2. The molecule has 14 heavy (non-hydrogen) atoms. The fraction of sp³-hybridized carbons (Fsp3) is 0.875. The van der Waals surface area contributed by atoms with Gasteiger partial charge in [-0.1, -0.05) is 0 Å². The summed E-state index contributed by atoms with van der Waals surface area (Å²) in [4.78, 5) is 12.6. The van der Waals surface area contributed by atoms with E-state index in [1.54, 1.807) is 14.0 Å². The molecule has 1 atom stereocenters. The minimum Gasteiger partial charge on any atom is -0.450 e. The van der Waals surface area contributed by atoms with Gasteiger partial charge in [0.05, 0.1) is 18.1 Å². The molecule has 1 aliphatic rings. The van der Waals surface area contributed by atoms with E-state index in [-0.39, 0.29) is 17.5 Å². The van der Waals surface area contributed by atoms with Gasteiger partial charge in [0.2, 0.25) is 0 Å². The molecule has 1 fully saturated rings. The van der Waals surface area contributed by atoms with Crippen LogP contribution in [0.3, 0.4) is 0 Å². The van der Waals surface area contributed by atoms with E-state index in [9.17, 15) is 13.2 Å². The van der Waals surface area contributed by atoms with Crippen LogP contribution in [0.2, 0.25) is 0 Å². The van der Waals surface area contributed by atoms with Crippen molar-refractivity contribution in [1.29, 1.82) is 0 Å². The lowest BCUT2D eigenvalue weighted by Crippen LogP contribution is -2.38. The van der Waals surface area contributed by atoms with Gasteiger partial charge in [0.1, 0.15) is 0 Å². The lowest BCUT2D eigenvalue weighted by Gasteiger charge is -2.22. The van der Waals surface area contributed by atoms with Crippen molar-refractivity contribution in [2.75, 3.05) is 25.2 Å². The number of hydrogen-bond acceptors (Lipinski definition) is 4. The molecular formula is C8H15NO4S. The van der Waals surface area contributed by atoms with Crippen molar-refractivity contribution in [1.82, 2.24) is 4.90 Å². The molecule has 0 aromatic rings. The first-order valence-corrected chi connectivity index (χ1v) is 6.38. The van der Waals surface area contributed by atoms with Crippen LogP contribution >= 0.6 is 0 Å². The molecule has 0 aliphatic carbocycles. The number of amides is 1. The Morgan fingerprint density at radius 3 is 2.64 bits per heavy atom. The maximum atomic E-state index is 11.2. The van der Waals surface area contributed by atoms with Crippen LogP contribution in [0.4, 0.5) is 4.79 Å². The molecular weight excluding hydrogens is 206 g/mol. The van der Waals surface area contributed by atoms with Gasteiger partial charge in [-0.15, -0.1) is 0 Å². The van der Waals surface area contributed by atoms with Crippen molar-refractivity contribution < 1.29 is 17.9 Å². The maximum absolute atomic E-state index is 11.2. The molecule has 1 unspecified atom stereocenters. The van der Waals surface area contributed by atoms with E-state index in [0.717, 1.165) is 0 Å². The van der Waals surface area contributed by atoms with Crippen LogP contribution in [0.25, 0.3) is 0 Å². The van der Waals surface area contributed by atoms with E-state index in [1.165, 1.54) is 4.90 Å². The molecule has 82 valence electrons. The monoisotopic (exact) mass is 221 g/mol. The largest absolute Gasteiger partial charge is 0.450 e. The Kier molecular flexibility index (Phi) is 3.36. The second-order valence-electron chi connectivity index (χ2n) is 3.37. The molecule has 0 radical (unpaired) electrons. The molecule has 0 spiro atoms. The number of hydrogen-bond donors (Lipinski definition) is 0. The van der Waals surface area contributed by atoms with Crippen molar-refractivity contribution in [2.45, 2.75) is 19.4 Å². The third kappa shape index (κ3) is 2.60. The first-order chi connectivity index (χ1) is 6.46. The molecule has 0 aromatic heterocycles. The minimum atomic E-state index is -2.94. The Hall–Kier alpha value is -0.780. The second kappa shape index (κ2) is 4.16. The van der Waals surface area contributed by atoms with Gasteiger partial charge in [0, 0.05) is 13.1 Å². The fourth-order valence-electron chi connectivity index (χ4n) is 1.46. The molecule has 1 rings (SSSR count). The highest BCUT2D eigenvalue weighted by atomic mass is 32.2. The van der Waals surface area contributed by atoms with E-state index in [1.807, 2.05) is 0 Å².